The van der Waals surface area contributed by atoms with E-state index in [4.69, 9.17) is 0 Å². The first-order chi connectivity index (χ1) is 10.2. The molecule has 1 atom stereocenters. The van der Waals surface area contributed by atoms with Crippen molar-refractivity contribution in [1.29, 1.82) is 0 Å². The van der Waals surface area contributed by atoms with Crippen LogP contribution in [0.5, 0.6) is 0 Å². The highest BCUT2D eigenvalue weighted by Crippen LogP contribution is 2.45. The molecule has 21 heavy (non-hydrogen) atoms. The van der Waals surface area contributed by atoms with E-state index in [2.05, 4.69) is 4.90 Å². The van der Waals surface area contributed by atoms with Crippen molar-refractivity contribution in [3.63, 3.8) is 0 Å². The first-order valence-corrected chi connectivity index (χ1v) is 7.59. The molecule has 0 bridgehead atoms. The van der Waals surface area contributed by atoms with Gasteiger partial charge in [0.05, 0.1) is 5.57 Å². The van der Waals surface area contributed by atoms with E-state index in [9.17, 15) is 10.0 Å². The Morgan fingerprint density at radius 2 is 1.90 bits per heavy atom. The highest BCUT2D eigenvalue weighted by molar-refractivity contribution is 6.18. The molecule has 1 unspecified atom stereocenters. The largest absolute Gasteiger partial charge is 0.621 e. The average molecular weight is 282 g/mol. The number of quaternary nitrogens is 1. The van der Waals surface area contributed by atoms with Crippen molar-refractivity contribution in [2.75, 3.05) is 19.6 Å². The van der Waals surface area contributed by atoms with E-state index in [1.165, 1.54) is 19.3 Å². The Labute approximate surface area is 124 Å². The quantitative estimate of drug-likeness (QED) is 0.452. The molecule has 3 aliphatic heterocycles. The number of allylic oxidation sites excluding steroid dienone is 1. The van der Waals surface area contributed by atoms with E-state index in [1.807, 2.05) is 30.5 Å². The predicted octanol–water partition coefficient (Wildman–Crippen LogP) is 2.80. The van der Waals surface area contributed by atoms with Crippen molar-refractivity contribution in [2.45, 2.75) is 19.3 Å². The second-order valence-corrected chi connectivity index (χ2v) is 6.07. The Balaban J connectivity index is 1.69. The number of ketones is 1. The van der Waals surface area contributed by atoms with Gasteiger partial charge >= 0.3 is 0 Å². The van der Waals surface area contributed by atoms with E-state index in [-0.39, 0.29) is 12.3 Å². The fourth-order valence-electron chi connectivity index (χ4n) is 3.56. The van der Waals surface area contributed by atoms with Crippen molar-refractivity contribution in [1.82, 2.24) is 9.55 Å². The topological polar surface area (TPSA) is 43.4 Å². The molecule has 4 nitrogen and oxygen atoms in total. The normalized spacial score (nSPS) is 29.6. The second kappa shape index (κ2) is 4.55. The van der Waals surface area contributed by atoms with Crippen LogP contribution in [0.2, 0.25) is 0 Å². The first-order valence-electron chi connectivity index (χ1n) is 7.59. The third-order valence-electron chi connectivity index (χ3n) is 4.65. The minimum Gasteiger partial charge on any atom is -0.621 e. The maximum Gasteiger partial charge on any atom is 0.250 e. The van der Waals surface area contributed by atoms with Crippen molar-refractivity contribution < 1.29 is 4.79 Å². The molecule has 4 heteroatoms. The molecule has 3 aliphatic rings. The molecule has 0 N–H and O–H groups in total. The maximum atomic E-state index is 13.1. The van der Waals surface area contributed by atoms with Crippen LogP contribution in [0.1, 0.15) is 24.8 Å². The van der Waals surface area contributed by atoms with E-state index >= 15 is 0 Å². The van der Waals surface area contributed by atoms with Gasteiger partial charge < -0.3 is 10.1 Å². The number of Topliss-reactive ketones (excluding diaryl/α,β-unsaturated/α-hetero) is 1. The van der Waals surface area contributed by atoms with Crippen LogP contribution in [-0.2, 0) is 4.79 Å². The third kappa shape index (κ3) is 1.87. The summed E-state index contributed by atoms with van der Waals surface area (Å²) in [7, 11) is 0. The molecular weight excluding hydrogens is 264 g/mol. The SMILES string of the molecule is O=C1C2=Cc3ccccc3[N+]2([O-])C/C1=C\N1CCCCC1. The van der Waals surface area contributed by atoms with Crippen molar-refractivity contribution in [2.24, 2.45) is 0 Å². The molecule has 0 spiro atoms. The van der Waals surface area contributed by atoms with Crippen molar-refractivity contribution in [3.8, 4) is 0 Å². The van der Waals surface area contributed by atoms with Crippen LogP contribution in [0.15, 0.2) is 41.7 Å². The zero-order valence-corrected chi connectivity index (χ0v) is 11.9. The summed E-state index contributed by atoms with van der Waals surface area (Å²) < 4.78 is -0.602. The molecule has 4 rings (SSSR count). The molecule has 0 radical (unpaired) electrons. The first kappa shape index (κ1) is 12.8. The Morgan fingerprint density at radius 1 is 1.14 bits per heavy atom. The summed E-state index contributed by atoms with van der Waals surface area (Å²) in [4.78, 5) is 14.7. The molecule has 1 aromatic rings. The van der Waals surface area contributed by atoms with Crippen LogP contribution in [0.4, 0.5) is 5.69 Å². The molecule has 0 saturated carbocycles. The number of carbonyl (C=O) groups is 1. The summed E-state index contributed by atoms with van der Waals surface area (Å²) in [6.07, 6.45) is 7.29. The number of hydroxylamine groups is 2. The Kier molecular flexibility index (Phi) is 2.77. The fraction of sp³-hybridized carbons (Fsp3) is 0.353. The predicted molar refractivity (Wildman–Crippen MR) is 83.0 cm³/mol. The molecule has 0 aliphatic carbocycles. The number of rotatable bonds is 1. The van der Waals surface area contributed by atoms with Gasteiger partial charge in [-0.05, 0) is 25.3 Å². The Morgan fingerprint density at radius 3 is 2.71 bits per heavy atom. The molecule has 0 amide bonds. The van der Waals surface area contributed by atoms with E-state index in [0.717, 1.165) is 18.7 Å². The summed E-state index contributed by atoms with van der Waals surface area (Å²) in [6.45, 7) is 2.22. The smallest absolute Gasteiger partial charge is 0.250 e. The summed E-state index contributed by atoms with van der Waals surface area (Å²) in [5, 5.41) is 13.1. The fourth-order valence-corrected chi connectivity index (χ4v) is 3.56. The van der Waals surface area contributed by atoms with E-state index < -0.39 is 4.65 Å². The van der Waals surface area contributed by atoms with Crippen LogP contribution < -0.4 is 4.65 Å². The summed E-state index contributed by atoms with van der Waals surface area (Å²) in [6, 6.07) is 7.51. The molecular formula is C17H18N2O2. The van der Waals surface area contributed by atoms with Crippen molar-refractivity contribution in [3.05, 3.63) is 52.5 Å². The van der Waals surface area contributed by atoms with E-state index in [0.29, 0.717) is 17.0 Å². The van der Waals surface area contributed by atoms with Gasteiger partial charge in [-0.2, -0.15) is 0 Å². The van der Waals surface area contributed by atoms with Crippen LogP contribution in [0.3, 0.4) is 0 Å². The van der Waals surface area contributed by atoms with Gasteiger partial charge in [0.1, 0.15) is 12.2 Å². The zero-order valence-electron chi connectivity index (χ0n) is 11.9. The number of nitrogens with zero attached hydrogens (tertiary/aromatic N) is 2. The van der Waals surface area contributed by atoms with Gasteiger partial charge in [0.2, 0.25) is 5.78 Å². The van der Waals surface area contributed by atoms with Gasteiger partial charge in [-0.15, -0.1) is 0 Å². The van der Waals surface area contributed by atoms with Gasteiger partial charge in [-0.25, -0.2) is 0 Å². The molecule has 108 valence electrons. The summed E-state index contributed by atoms with van der Waals surface area (Å²) in [5.74, 6) is -0.0771. The molecule has 0 aromatic heterocycles. The lowest BCUT2D eigenvalue weighted by molar-refractivity contribution is -0.111. The molecule has 3 heterocycles. The number of likely N-dealkylation sites (tertiary alicyclic amines) is 1. The number of fused-ring (bicyclic) bond motifs is 3. The molecule has 2 saturated heterocycles. The number of piperidine rings is 1. The lowest BCUT2D eigenvalue weighted by atomic mass is 10.1. The van der Waals surface area contributed by atoms with Gasteiger partial charge in [-0.3, -0.25) is 9.44 Å². The lowest BCUT2D eigenvalue weighted by Crippen LogP contribution is -2.36. The highest BCUT2D eigenvalue weighted by atomic mass is 16.6. The van der Waals surface area contributed by atoms with E-state index in [1.54, 1.807) is 6.08 Å². The zero-order chi connectivity index (χ0) is 14.4. The number of benzene rings is 1. The van der Waals surface area contributed by atoms with Gasteiger partial charge in [0.25, 0.3) is 0 Å². The van der Waals surface area contributed by atoms with Gasteiger partial charge in [0.15, 0.2) is 5.70 Å². The monoisotopic (exact) mass is 282 g/mol. The highest BCUT2D eigenvalue weighted by Gasteiger charge is 2.47. The standard InChI is InChI=1S/C17H18N2O2/c20-17-14(11-18-8-4-1-5-9-18)12-19(21)15-7-3-2-6-13(15)10-16(17)19/h2-3,6-7,10-11H,1,4-5,8-9,12H2/b14-11+. The van der Waals surface area contributed by atoms with Gasteiger partial charge in [-0.1, -0.05) is 12.1 Å². The molecule has 1 aromatic carbocycles. The number of hydrogen-bond donors (Lipinski definition) is 0. The van der Waals surface area contributed by atoms with Crippen LogP contribution in [0, 0.1) is 5.21 Å². The number of para-hydroxylation sites is 1. The minimum absolute atomic E-state index is 0.0771. The second-order valence-electron chi connectivity index (χ2n) is 6.07. The summed E-state index contributed by atoms with van der Waals surface area (Å²) in [5.41, 5.74) is 2.61. The maximum absolute atomic E-state index is 13.1. The minimum atomic E-state index is -0.602. The van der Waals surface area contributed by atoms with Crippen molar-refractivity contribution >= 4 is 17.5 Å². The average Bonchev–Trinajstić information content (AvgIpc) is 2.92. The van der Waals surface area contributed by atoms with Crippen LogP contribution in [0.25, 0.3) is 6.08 Å². The Bertz CT molecular complexity index is 671. The lowest BCUT2D eigenvalue weighted by Gasteiger charge is -2.34. The molecule has 2 fully saturated rings. The van der Waals surface area contributed by atoms with Crippen LogP contribution in [-0.4, -0.2) is 30.3 Å². The Hall–Kier alpha value is -1.91. The van der Waals surface area contributed by atoms with Crippen LogP contribution >= 0.6 is 0 Å². The number of hydrogen-bond acceptors (Lipinski definition) is 3. The third-order valence-corrected chi connectivity index (χ3v) is 4.65. The number of carbonyl (C=O) groups excluding carboxylic acids is 1. The van der Waals surface area contributed by atoms with Gasteiger partial charge in [0, 0.05) is 37.0 Å². The summed E-state index contributed by atoms with van der Waals surface area (Å²) >= 11 is 0.